The van der Waals surface area contributed by atoms with Gasteiger partial charge in [0.05, 0.1) is 13.7 Å². The van der Waals surface area contributed by atoms with E-state index in [0.29, 0.717) is 11.3 Å². The van der Waals surface area contributed by atoms with Crippen molar-refractivity contribution in [2.24, 2.45) is 0 Å². The first kappa shape index (κ1) is 9.83. The molecule has 0 aliphatic rings. The molecule has 4 nitrogen and oxygen atoms in total. The van der Waals surface area contributed by atoms with Gasteiger partial charge in [-0.15, -0.1) is 0 Å². The molecule has 0 spiro atoms. The molecule has 0 aliphatic carbocycles. The van der Waals surface area contributed by atoms with E-state index in [4.69, 9.17) is 9.94 Å². The normalized spacial score (nSPS) is 10.5. The van der Waals surface area contributed by atoms with Crippen LogP contribution in [0.15, 0.2) is 18.2 Å². The maximum Gasteiger partial charge on any atom is 0.120 e. The van der Waals surface area contributed by atoms with Crippen LogP contribution in [0.4, 0.5) is 0 Å². The minimum absolute atomic E-state index is 0.154. The third-order valence-electron chi connectivity index (χ3n) is 1.69. The van der Waals surface area contributed by atoms with Crippen LogP contribution in [0.5, 0.6) is 11.5 Å². The van der Waals surface area contributed by atoms with Gasteiger partial charge in [0.25, 0.3) is 0 Å². The summed E-state index contributed by atoms with van der Waals surface area (Å²) in [5.41, 5.74) is 0.629. The predicted octanol–water partition coefficient (Wildman–Crippen LogP) is 1.22. The molecule has 13 heavy (non-hydrogen) atoms. The molecule has 0 atom stereocenters. The summed E-state index contributed by atoms with van der Waals surface area (Å²) < 4.78 is 4.98. The molecule has 0 aliphatic heterocycles. The molecule has 1 aromatic rings. The van der Waals surface area contributed by atoms with Crippen molar-refractivity contribution in [2.45, 2.75) is 6.54 Å². The van der Waals surface area contributed by atoms with E-state index in [1.165, 1.54) is 13.1 Å². The third kappa shape index (κ3) is 2.61. The highest BCUT2D eigenvalue weighted by Gasteiger charge is 2.04. The van der Waals surface area contributed by atoms with Crippen LogP contribution in [0.2, 0.25) is 0 Å². The van der Waals surface area contributed by atoms with E-state index in [0.717, 1.165) is 5.06 Å². The van der Waals surface area contributed by atoms with Crippen LogP contribution < -0.4 is 4.74 Å². The minimum atomic E-state index is 0.154. The Labute approximate surface area is 76.9 Å². The van der Waals surface area contributed by atoms with Crippen molar-refractivity contribution in [3.63, 3.8) is 0 Å². The first-order chi connectivity index (χ1) is 6.13. The van der Waals surface area contributed by atoms with Gasteiger partial charge in [-0.2, -0.15) is 5.06 Å². The number of rotatable bonds is 3. The SMILES string of the molecule is COc1ccc(O)c(CN(C)O)c1. The Morgan fingerprint density at radius 3 is 2.69 bits per heavy atom. The van der Waals surface area contributed by atoms with Crippen LogP contribution in [-0.2, 0) is 6.54 Å². The Morgan fingerprint density at radius 1 is 1.46 bits per heavy atom. The summed E-state index contributed by atoms with van der Waals surface area (Å²) in [5, 5.41) is 19.4. The summed E-state index contributed by atoms with van der Waals surface area (Å²) in [7, 11) is 3.07. The fourth-order valence-electron chi connectivity index (χ4n) is 1.06. The largest absolute Gasteiger partial charge is 0.508 e. The Kier molecular flexibility index (Phi) is 3.11. The predicted molar refractivity (Wildman–Crippen MR) is 47.9 cm³/mol. The number of nitrogens with zero attached hydrogens (tertiary/aromatic N) is 1. The molecule has 1 rings (SSSR count). The summed E-state index contributed by atoms with van der Waals surface area (Å²) in [6, 6.07) is 4.88. The summed E-state index contributed by atoms with van der Waals surface area (Å²) in [4.78, 5) is 0. The van der Waals surface area contributed by atoms with Gasteiger partial charge in [-0.3, -0.25) is 0 Å². The molecule has 0 fully saturated rings. The number of benzene rings is 1. The molecule has 0 bridgehead atoms. The molecule has 1 aromatic carbocycles. The molecule has 2 N–H and O–H groups in total. The quantitative estimate of drug-likeness (QED) is 0.692. The second-order valence-electron chi connectivity index (χ2n) is 2.81. The van der Waals surface area contributed by atoms with Crippen molar-refractivity contribution in [3.8, 4) is 11.5 Å². The standard InChI is InChI=1S/C9H13NO3/c1-10(12)6-7-5-8(13-2)3-4-9(7)11/h3-5,11-12H,6H2,1-2H3. The molecular weight excluding hydrogens is 170 g/mol. The van der Waals surface area contributed by atoms with Crippen LogP contribution in [0.25, 0.3) is 0 Å². The maximum atomic E-state index is 9.39. The van der Waals surface area contributed by atoms with Crippen LogP contribution in [-0.4, -0.2) is 29.5 Å². The second kappa shape index (κ2) is 4.11. The molecule has 0 radical (unpaired) electrons. The van der Waals surface area contributed by atoms with Gasteiger partial charge >= 0.3 is 0 Å². The highest BCUT2D eigenvalue weighted by atomic mass is 16.5. The monoisotopic (exact) mass is 183 g/mol. The first-order valence-corrected chi connectivity index (χ1v) is 3.89. The van der Waals surface area contributed by atoms with Crippen molar-refractivity contribution < 1.29 is 15.1 Å². The first-order valence-electron chi connectivity index (χ1n) is 3.89. The number of hydroxylamine groups is 2. The molecule has 72 valence electrons. The van der Waals surface area contributed by atoms with Crippen molar-refractivity contribution >= 4 is 0 Å². The van der Waals surface area contributed by atoms with Crippen molar-refractivity contribution in [1.82, 2.24) is 5.06 Å². The average Bonchev–Trinajstić information content (AvgIpc) is 2.08. The number of methoxy groups -OCH3 is 1. The summed E-state index contributed by atoms with van der Waals surface area (Å²) in [6.45, 7) is 0.267. The van der Waals surface area contributed by atoms with Crippen LogP contribution in [0.3, 0.4) is 0 Å². The third-order valence-corrected chi connectivity index (χ3v) is 1.69. The van der Waals surface area contributed by atoms with E-state index in [2.05, 4.69) is 0 Å². The summed E-state index contributed by atoms with van der Waals surface area (Å²) >= 11 is 0. The lowest BCUT2D eigenvalue weighted by Crippen LogP contribution is -2.11. The van der Waals surface area contributed by atoms with E-state index in [1.54, 1.807) is 19.2 Å². The molecule has 0 saturated heterocycles. The van der Waals surface area contributed by atoms with E-state index < -0.39 is 0 Å². The van der Waals surface area contributed by atoms with Crippen molar-refractivity contribution in [1.29, 1.82) is 0 Å². The van der Waals surface area contributed by atoms with Gasteiger partial charge in [0.15, 0.2) is 0 Å². The second-order valence-corrected chi connectivity index (χ2v) is 2.81. The van der Waals surface area contributed by atoms with Crippen LogP contribution in [0, 0.1) is 0 Å². The van der Waals surface area contributed by atoms with Gasteiger partial charge < -0.3 is 15.1 Å². The Morgan fingerprint density at radius 2 is 2.15 bits per heavy atom. The van der Waals surface area contributed by atoms with Gasteiger partial charge in [0.1, 0.15) is 11.5 Å². The molecule has 4 heteroatoms. The fraction of sp³-hybridized carbons (Fsp3) is 0.333. The Bertz CT molecular complexity index is 286. The van der Waals surface area contributed by atoms with E-state index >= 15 is 0 Å². The highest BCUT2D eigenvalue weighted by molar-refractivity contribution is 5.39. The molecule has 0 amide bonds. The Hall–Kier alpha value is -1.26. The molecule has 0 aromatic heterocycles. The van der Waals surface area contributed by atoms with E-state index in [-0.39, 0.29) is 12.3 Å². The lowest BCUT2D eigenvalue weighted by molar-refractivity contribution is -0.0735. The number of aromatic hydroxyl groups is 1. The zero-order valence-electron chi connectivity index (χ0n) is 7.69. The number of ether oxygens (including phenoxy) is 1. The van der Waals surface area contributed by atoms with Gasteiger partial charge in [0, 0.05) is 12.6 Å². The maximum absolute atomic E-state index is 9.39. The van der Waals surface area contributed by atoms with Crippen LogP contribution in [0.1, 0.15) is 5.56 Å². The topological polar surface area (TPSA) is 52.9 Å². The summed E-state index contributed by atoms with van der Waals surface area (Å²) in [5.74, 6) is 0.816. The zero-order valence-corrected chi connectivity index (χ0v) is 7.69. The molecule has 0 unspecified atom stereocenters. The van der Waals surface area contributed by atoms with Crippen molar-refractivity contribution in [2.75, 3.05) is 14.2 Å². The number of phenols is 1. The zero-order chi connectivity index (χ0) is 9.84. The lowest BCUT2D eigenvalue weighted by atomic mass is 10.2. The van der Waals surface area contributed by atoms with Crippen molar-refractivity contribution in [3.05, 3.63) is 23.8 Å². The van der Waals surface area contributed by atoms with Crippen LogP contribution >= 0.6 is 0 Å². The highest BCUT2D eigenvalue weighted by Crippen LogP contribution is 2.23. The van der Waals surface area contributed by atoms with Gasteiger partial charge in [0.2, 0.25) is 0 Å². The fourth-order valence-corrected chi connectivity index (χ4v) is 1.06. The smallest absolute Gasteiger partial charge is 0.120 e. The van der Waals surface area contributed by atoms with E-state index in [1.807, 2.05) is 0 Å². The average molecular weight is 183 g/mol. The number of phenolic OH excluding ortho intramolecular Hbond substituents is 1. The minimum Gasteiger partial charge on any atom is -0.508 e. The summed E-state index contributed by atoms with van der Waals surface area (Å²) in [6.07, 6.45) is 0. The Balaban J connectivity index is 2.90. The molecule has 0 heterocycles. The van der Waals surface area contributed by atoms with E-state index in [9.17, 15) is 5.11 Å². The molecule has 0 saturated carbocycles. The lowest BCUT2D eigenvalue weighted by Gasteiger charge is -2.10. The molecular formula is C9H13NO3. The number of hydrogen-bond donors (Lipinski definition) is 2. The van der Waals surface area contributed by atoms with Gasteiger partial charge in [-0.1, -0.05) is 0 Å². The van der Waals surface area contributed by atoms with Gasteiger partial charge in [-0.05, 0) is 18.2 Å². The number of hydrogen-bond acceptors (Lipinski definition) is 4. The van der Waals surface area contributed by atoms with Gasteiger partial charge in [-0.25, -0.2) is 0 Å².